The lowest BCUT2D eigenvalue weighted by atomic mass is 10.2. The molecule has 0 radical (unpaired) electrons. The summed E-state index contributed by atoms with van der Waals surface area (Å²) in [6, 6.07) is 5.77. The van der Waals surface area contributed by atoms with Gasteiger partial charge in [-0.2, -0.15) is 0 Å². The number of hydrogen-bond acceptors (Lipinski definition) is 2. The van der Waals surface area contributed by atoms with Crippen LogP contribution in [0.15, 0.2) is 18.2 Å². The molecule has 0 saturated heterocycles. The normalized spacial score (nSPS) is 9.94. The predicted molar refractivity (Wildman–Crippen MR) is 68.0 cm³/mol. The molecule has 0 bridgehead atoms. The van der Waals surface area contributed by atoms with Crippen molar-refractivity contribution in [3.05, 3.63) is 28.8 Å². The molecule has 1 aromatic carbocycles. The monoisotopic (exact) mass is 240 g/mol. The summed E-state index contributed by atoms with van der Waals surface area (Å²) in [4.78, 5) is 11.0. The first kappa shape index (κ1) is 12.8. The molecule has 0 spiro atoms. The third-order valence-electron chi connectivity index (χ3n) is 2.44. The van der Waals surface area contributed by atoms with Gasteiger partial charge in [0.1, 0.15) is 0 Å². The zero-order chi connectivity index (χ0) is 12.0. The Hall–Kier alpha value is -1.22. The molecule has 0 heterocycles. The summed E-state index contributed by atoms with van der Waals surface area (Å²) >= 11 is 6.00. The number of amides is 1. The van der Waals surface area contributed by atoms with Crippen molar-refractivity contribution in [1.82, 2.24) is 5.32 Å². The highest BCUT2D eigenvalue weighted by Gasteiger charge is 2.01. The minimum atomic E-state index is 0.0737. The van der Waals surface area contributed by atoms with Gasteiger partial charge < -0.3 is 10.6 Å². The molecule has 2 N–H and O–H groups in total. The maximum atomic E-state index is 11.0. The third kappa shape index (κ3) is 3.74. The van der Waals surface area contributed by atoms with E-state index in [1.54, 1.807) is 7.05 Å². The van der Waals surface area contributed by atoms with E-state index in [0.29, 0.717) is 6.42 Å². The Morgan fingerprint density at radius 2 is 2.19 bits per heavy atom. The lowest BCUT2D eigenvalue weighted by molar-refractivity contribution is -0.120. The van der Waals surface area contributed by atoms with E-state index in [-0.39, 0.29) is 5.91 Å². The lowest BCUT2D eigenvalue weighted by Gasteiger charge is -2.10. The number of hydrogen-bond donors (Lipinski definition) is 2. The first-order valence-corrected chi connectivity index (χ1v) is 5.72. The summed E-state index contributed by atoms with van der Waals surface area (Å²) < 4.78 is 0. The van der Waals surface area contributed by atoms with E-state index in [0.717, 1.165) is 29.2 Å². The van der Waals surface area contributed by atoms with Gasteiger partial charge in [-0.3, -0.25) is 4.79 Å². The van der Waals surface area contributed by atoms with E-state index < -0.39 is 0 Å². The van der Waals surface area contributed by atoms with Gasteiger partial charge in [-0.1, -0.05) is 17.7 Å². The standard InChI is InChI=1S/C12H17ClN2O/c1-9-10(13)5-3-6-11(9)15-8-4-7-12(16)14-2/h3,5-6,15H,4,7-8H2,1-2H3,(H,14,16). The van der Waals surface area contributed by atoms with Crippen LogP contribution < -0.4 is 10.6 Å². The second kappa shape index (κ2) is 6.38. The Morgan fingerprint density at radius 1 is 1.44 bits per heavy atom. The fourth-order valence-electron chi connectivity index (χ4n) is 1.40. The molecule has 1 amide bonds. The van der Waals surface area contributed by atoms with E-state index in [1.165, 1.54) is 0 Å². The molecule has 0 saturated carbocycles. The van der Waals surface area contributed by atoms with E-state index in [2.05, 4.69) is 10.6 Å². The fraction of sp³-hybridized carbons (Fsp3) is 0.417. The van der Waals surface area contributed by atoms with E-state index in [1.807, 2.05) is 25.1 Å². The Labute approximate surface area is 101 Å². The quantitative estimate of drug-likeness (QED) is 0.777. The van der Waals surface area contributed by atoms with Crippen molar-refractivity contribution in [3.63, 3.8) is 0 Å². The summed E-state index contributed by atoms with van der Waals surface area (Å²) in [6.45, 7) is 2.75. The maximum Gasteiger partial charge on any atom is 0.219 e. The average molecular weight is 241 g/mol. The van der Waals surface area contributed by atoms with E-state index in [4.69, 9.17) is 11.6 Å². The van der Waals surface area contributed by atoms with Crippen LogP contribution in [-0.4, -0.2) is 19.5 Å². The van der Waals surface area contributed by atoms with Crippen molar-refractivity contribution < 1.29 is 4.79 Å². The molecule has 4 heteroatoms. The van der Waals surface area contributed by atoms with Gasteiger partial charge in [0, 0.05) is 30.7 Å². The number of halogens is 1. The molecule has 88 valence electrons. The molecule has 1 rings (SSSR count). The van der Waals surface area contributed by atoms with Crippen LogP contribution in [0.4, 0.5) is 5.69 Å². The number of nitrogens with one attached hydrogen (secondary N) is 2. The van der Waals surface area contributed by atoms with Gasteiger partial charge in [-0.25, -0.2) is 0 Å². The molecule has 1 aromatic rings. The zero-order valence-corrected chi connectivity index (χ0v) is 10.4. The highest BCUT2D eigenvalue weighted by Crippen LogP contribution is 2.22. The first-order valence-electron chi connectivity index (χ1n) is 5.34. The molecular formula is C12H17ClN2O. The van der Waals surface area contributed by atoms with Crippen LogP contribution in [-0.2, 0) is 4.79 Å². The average Bonchev–Trinajstić information content (AvgIpc) is 2.29. The number of carbonyl (C=O) groups is 1. The first-order chi connectivity index (χ1) is 7.65. The summed E-state index contributed by atoms with van der Waals surface area (Å²) in [5.41, 5.74) is 2.08. The van der Waals surface area contributed by atoms with E-state index >= 15 is 0 Å². The van der Waals surface area contributed by atoms with Gasteiger partial charge in [-0.15, -0.1) is 0 Å². The Balaban J connectivity index is 2.38. The Bertz CT molecular complexity index is 366. The smallest absolute Gasteiger partial charge is 0.219 e. The fourth-order valence-corrected chi connectivity index (χ4v) is 1.57. The molecule has 16 heavy (non-hydrogen) atoms. The molecule has 0 aliphatic heterocycles. The highest BCUT2D eigenvalue weighted by molar-refractivity contribution is 6.31. The van der Waals surface area contributed by atoms with Crippen molar-refractivity contribution in [2.45, 2.75) is 19.8 Å². The van der Waals surface area contributed by atoms with Gasteiger partial charge in [-0.05, 0) is 31.0 Å². The molecule has 0 atom stereocenters. The van der Waals surface area contributed by atoms with Crippen molar-refractivity contribution in [2.24, 2.45) is 0 Å². The zero-order valence-electron chi connectivity index (χ0n) is 9.64. The number of rotatable bonds is 5. The van der Waals surface area contributed by atoms with Crippen LogP contribution in [0.1, 0.15) is 18.4 Å². The Kier molecular flexibility index (Phi) is 5.12. The van der Waals surface area contributed by atoms with Crippen LogP contribution in [0.3, 0.4) is 0 Å². The van der Waals surface area contributed by atoms with Crippen molar-refractivity contribution in [2.75, 3.05) is 18.9 Å². The second-order valence-corrected chi connectivity index (χ2v) is 4.02. The van der Waals surface area contributed by atoms with Gasteiger partial charge in [0.2, 0.25) is 5.91 Å². The van der Waals surface area contributed by atoms with Gasteiger partial charge in [0.05, 0.1) is 0 Å². The molecule has 0 aromatic heterocycles. The van der Waals surface area contributed by atoms with Crippen molar-refractivity contribution in [3.8, 4) is 0 Å². The minimum absolute atomic E-state index is 0.0737. The highest BCUT2D eigenvalue weighted by atomic mass is 35.5. The molecular weight excluding hydrogens is 224 g/mol. The number of anilines is 1. The Morgan fingerprint density at radius 3 is 2.88 bits per heavy atom. The summed E-state index contributed by atoms with van der Waals surface area (Å²) in [6.07, 6.45) is 1.36. The van der Waals surface area contributed by atoms with Crippen molar-refractivity contribution >= 4 is 23.2 Å². The molecule has 0 unspecified atom stereocenters. The van der Waals surface area contributed by atoms with Crippen LogP contribution in [0.2, 0.25) is 5.02 Å². The molecule has 0 aliphatic carbocycles. The lowest BCUT2D eigenvalue weighted by Crippen LogP contribution is -2.18. The van der Waals surface area contributed by atoms with Crippen LogP contribution in [0.5, 0.6) is 0 Å². The van der Waals surface area contributed by atoms with Gasteiger partial charge in [0.25, 0.3) is 0 Å². The van der Waals surface area contributed by atoms with Crippen molar-refractivity contribution in [1.29, 1.82) is 0 Å². The molecule has 3 nitrogen and oxygen atoms in total. The van der Waals surface area contributed by atoms with Gasteiger partial charge >= 0.3 is 0 Å². The topological polar surface area (TPSA) is 41.1 Å². The van der Waals surface area contributed by atoms with Crippen LogP contribution in [0, 0.1) is 6.92 Å². The minimum Gasteiger partial charge on any atom is -0.385 e. The number of benzene rings is 1. The summed E-state index contributed by atoms with van der Waals surface area (Å²) in [7, 11) is 1.65. The largest absolute Gasteiger partial charge is 0.385 e. The second-order valence-electron chi connectivity index (χ2n) is 3.62. The van der Waals surface area contributed by atoms with E-state index in [9.17, 15) is 4.79 Å². The maximum absolute atomic E-state index is 11.0. The summed E-state index contributed by atoms with van der Waals surface area (Å²) in [5, 5.41) is 6.63. The predicted octanol–water partition coefficient (Wildman–Crippen LogP) is 2.59. The van der Waals surface area contributed by atoms with Crippen LogP contribution in [0.25, 0.3) is 0 Å². The SMILES string of the molecule is CNC(=O)CCCNc1cccc(Cl)c1C. The molecule has 0 aliphatic rings. The molecule has 0 fully saturated rings. The number of carbonyl (C=O) groups excluding carboxylic acids is 1. The van der Waals surface area contributed by atoms with Crippen LogP contribution >= 0.6 is 11.6 Å². The summed E-state index contributed by atoms with van der Waals surface area (Å²) in [5.74, 6) is 0.0737. The third-order valence-corrected chi connectivity index (χ3v) is 2.85. The van der Waals surface area contributed by atoms with Gasteiger partial charge in [0.15, 0.2) is 0 Å².